The molecule has 0 aliphatic carbocycles. The first-order valence-corrected chi connectivity index (χ1v) is 6.09. The fraction of sp³-hybridized carbons (Fsp3) is 0.385. The largest absolute Gasteiger partial charge is 0.465 e. The van der Waals surface area contributed by atoms with E-state index >= 15 is 0 Å². The molecule has 1 aliphatic heterocycles. The second-order valence-electron chi connectivity index (χ2n) is 4.84. The van der Waals surface area contributed by atoms with Crippen LogP contribution in [-0.4, -0.2) is 31.8 Å². The Morgan fingerprint density at radius 3 is 2.85 bits per heavy atom. The maximum atomic E-state index is 11.4. The van der Waals surface area contributed by atoms with Gasteiger partial charge in [-0.15, -0.1) is 0 Å². The van der Waals surface area contributed by atoms with Crippen molar-refractivity contribution in [2.45, 2.75) is 6.92 Å². The molecule has 0 bridgehead atoms. The fourth-order valence-corrected chi connectivity index (χ4v) is 1.51. The van der Waals surface area contributed by atoms with E-state index in [1.165, 1.54) is 18.4 Å². The Bertz CT molecular complexity index is 491. The van der Waals surface area contributed by atoms with E-state index in [-0.39, 0.29) is 12.0 Å². The molecule has 1 saturated heterocycles. The van der Waals surface area contributed by atoms with Crippen LogP contribution < -0.4 is 10.9 Å². The van der Waals surface area contributed by atoms with Gasteiger partial charge in [0.1, 0.15) is 12.4 Å². The van der Waals surface area contributed by atoms with Gasteiger partial charge in [0.25, 0.3) is 5.91 Å². The summed E-state index contributed by atoms with van der Waals surface area (Å²) >= 11 is 0. The smallest absolute Gasteiger partial charge is 0.426 e. The number of ether oxygens (including phenoxy) is 2. The van der Waals surface area contributed by atoms with Crippen LogP contribution >= 0.6 is 0 Å². The van der Waals surface area contributed by atoms with Crippen molar-refractivity contribution in [3.05, 3.63) is 30.2 Å². The van der Waals surface area contributed by atoms with Gasteiger partial charge in [-0.25, -0.2) is 10.2 Å². The lowest BCUT2D eigenvalue weighted by atomic mass is 9.90. The van der Waals surface area contributed by atoms with Gasteiger partial charge in [0, 0.05) is 11.5 Å². The molecule has 1 aromatic heterocycles. The van der Waals surface area contributed by atoms with Crippen LogP contribution in [0.25, 0.3) is 6.08 Å². The molecule has 0 radical (unpaired) electrons. The molecule has 0 atom stereocenters. The molecule has 0 saturated carbocycles. The molecule has 1 aromatic rings. The Kier molecular flexibility index (Phi) is 4.41. The Labute approximate surface area is 115 Å². The zero-order chi connectivity index (χ0) is 14.4. The number of carbonyl (C=O) groups excluding carboxylic acids is 2. The molecule has 2 N–H and O–H groups in total. The maximum Gasteiger partial charge on any atom is 0.426 e. The van der Waals surface area contributed by atoms with Gasteiger partial charge < -0.3 is 13.9 Å². The third kappa shape index (κ3) is 4.13. The first kappa shape index (κ1) is 14.1. The van der Waals surface area contributed by atoms with Crippen molar-refractivity contribution in [2.24, 2.45) is 5.41 Å². The van der Waals surface area contributed by atoms with Crippen LogP contribution in [0.4, 0.5) is 4.79 Å². The number of nitrogens with one attached hydrogen (secondary N) is 2. The van der Waals surface area contributed by atoms with Gasteiger partial charge in [-0.05, 0) is 18.2 Å². The van der Waals surface area contributed by atoms with Crippen LogP contribution in [-0.2, 0) is 14.3 Å². The van der Waals surface area contributed by atoms with Crippen molar-refractivity contribution in [2.75, 3.05) is 19.8 Å². The van der Waals surface area contributed by atoms with E-state index in [2.05, 4.69) is 10.9 Å². The fourth-order valence-electron chi connectivity index (χ4n) is 1.51. The number of amides is 2. The van der Waals surface area contributed by atoms with Crippen LogP contribution in [0.3, 0.4) is 0 Å². The topological polar surface area (TPSA) is 89.8 Å². The summed E-state index contributed by atoms with van der Waals surface area (Å²) < 4.78 is 15.0. The summed E-state index contributed by atoms with van der Waals surface area (Å²) in [7, 11) is 0. The minimum atomic E-state index is -0.710. The monoisotopic (exact) mass is 280 g/mol. The van der Waals surface area contributed by atoms with Gasteiger partial charge in [-0.2, -0.15) is 0 Å². The molecule has 1 aliphatic rings. The van der Waals surface area contributed by atoms with Gasteiger partial charge >= 0.3 is 6.09 Å². The van der Waals surface area contributed by atoms with Crippen LogP contribution in [0.2, 0.25) is 0 Å². The zero-order valence-electron chi connectivity index (χ0n) is 11.0. The van der Waals surface area contributed by atoms with Crippen molar-refractivity contribution in [3.63, 3.8) is 0 Å². The Hall–Kier alpha value is -2.28. The minimum absolute atomic E-state index is 0.124. The Balaban J connectivity index is 1.64. The highest BCUT2D eigenvalue weighted by Gasteiger charge is 2.34. The predicted molar refractivity (Wildman–Crippen MR) is 69.3 cm³/mol. The SMILES string of the molecule is CC1(COC(=O)NNC(=O)C=Cc2ccco2)COC1. The number of hydrogen-bond donors (Lipinski definition) is 2. The van der Waals surface area contributed by atoms with Gasteiger partial charge in [0.15, 0.2) is 0 Å². The van der Waals surface area contributed by atoms with E-state index in [0.717, 1.165) is 0 Å². The Morgan fingerprint density at radius 2 is 2.25 bits per heavy atom. The lowest BCUT2D eigenvalue weighted by Crippen LogP contribution is -2.47. The summed E-state index contributed by atoms with van der Waals surface area (Å²) in [4.78, 5) is 22.7. The summed E-state index contributed by atoms with van der Waals surface area (Å²) in [6.07, 6.45) is 3.51. The average Bonchev–Trinajstić information content (AvgIpc) is 2.91. The maximum absolute atomic E-state index is 11.4. The number of rotatable bonds is 4. The van der Waals surface area contributed by atoms with E-state index < -0.39 is 12.0 Å². The van der Waals surface area contributed by atoms with Crippen molar-refractivity contribution in [1.29, 1.82) is 0 Å². The van der Waals surface area contributed by atoms with Crippen molar-refractivity contribution < 1.29 is 23.5 Å². The van der Waals surface area contributed by atoms with E-state index in [9.17, 15) is 9.59 Å². The van der Waals surface area contributed by atoms with E-state index in [0.29, 0.717) is 19.0 Å². The summed E-state index contributed by atoms with van der Waals surface area (Å²) in [6.45, 7) is 3.34. The highest BCUT2D eigenvalue weighted by Crippen LogP contribution is 2.26. The number of carbonyl (C=O) groups is 2. The van der Waals surface area contributed by atoms with Crippen LogP contribution in [0.15, 0.2) is 28.9 Å². The average molecular weight is 280 g/mol. The van der Waals surface area contributed by atoms with Gasteiger partial charge in [-0.3, -0.25) is 10.2 Å². The summed E-state index contributed by atoms with van der Waals surface area (Å²) in [5, 5.41) is 0. The van der Waals surface area contributed by atoms with Gasteiger partial charge in [0.2, 0.25) is 0 Å². The molecule has 0 unspecified atom stereocenters. The minimum Gasteiger partial charge on any atom is -0.465 e. The first-order valence-electron chi connectivity index (χ1n) is 6.09. The normalized spacial score (nSPS) is 16.4. The number of hydrazine groups is 1. The molecule has 1 fully saturated rings. The standard InChI is InChI=1S/C13H16N2O5/c1-13(7-18-8-13)9-20-12(17)15-14-11(16)5-4-10-3-2-6-19-10/h2-6H,7-9H2,1H3,(H,14,16)(H,15,17). The quantitative estimate of drug-likeness (QED) is 0.636. The van der Waals surface area contributed by atoms with Crippen LogP contribution in [0.1, 0.15) is 12.7 Å². The molecule has 7 heteroatoms. The summed E-state index contributed by atoms with van der Waals surface area (Å²) in [6, 6.07) is 3.41. The first-order chi connectivity index (χ1) is 9.57. The second kappa shape index (κ2) is 6.25. The molecular formula is C13H16N2O5. The summed E-state index contributed by atoms with van der Waals surface area (Å²) in [5.74, 6) is 0.0529. The van der Waals surface area contributed by atoms with Gasteiger partial charge in [-0.1, -0.05) is 6.92 Å². The van der Waals surface area contributed by atoms with E-state index in [4.69, 9.17) is 13.9 Å². The molecule has 2 rings (SSSR count). The zero-order valence-corrected chi connectivity index (χ0v) is 11.0. The molecule has 0 spiro atoms. The third-order valence-electron chi connectivity index (χ3n) is 2.68. The van der Waals surface area contributed by atoms with E-state index in [1.54, 1.807) is 12.1 Å². The van der Waals surface area contributed by atoms with E-state index in [1.807, 2.05) is 6.92 Å². The number of furan rings is 1. The summed E-state index contributed by atoms with van der Waals surface area (Å²) in [5.41, 5.74) is 4.22. The molecule has 2 amide bonds. The van der Waals surface area contributed by atoms with Crippen LogP contribution in [0, 0.1) is 5.41 Å². The Morgan fingerprint density at radius 1 is 1.45 bits per heavy atom. The molecule has 7 nitrogen and oxygen atoms in total. The highest BCUT2D eigenvalue weighted by atomic mass is 16.6. The van der Waals surface area contributed by atoms with Crippen molar-refractivity contribution in [3.8, 4) is 0 Å². The highest BCUT2D eigenvalue weighted by molar-refractivity contribution is 5.92. The molecular weight excluding hydrogens is 264 g/mol. The molecule has 20 heavy (non-hydrogen) atoms. The molecule has 0 aromatic carbocycles. The lowest BCUT2D eigenvalue weighted by Gasteiger charge is -2.36. The second-order valence-corrected chi connectivity index (χ2v) is 4.84. The predicted octanol–water partition coefficient (Wildman–Crippen LogP) is 1.09. The third-order valence-corrected chi connectivity index (χ3v) is 2.68. The van der Waals surface area contributed by atoms with Crippen LogP contribution in [0.5, 0.6) is 0 Å². The lowest BCUT2D eigenvalue weighted by molar-refractivity contribution is -0.126. The van der Waals surface area contributed by atoms with Gasteiger partial charge in [0.05, 0.1) is 19.5 Å². The van der Waals surface area contributed by atoms with Crippen molar-refractivity contribution >= 4 is 18.1 Å². The molecule has 108 valence electrons. The number of hydrogen-bond acceptors (Lipinski definition) is 5. The van der Waals surface area contributed by atoms with Crippen molar-refractivity contribution in [1.82, 2.24) is 10.9 Å². The molecule has 2 heterocycles.